The maximum Gasteiger partial charge on any atom is 0.225 e. The minimum absolute atomic E-state index is 0.866. The molecule has 0 unspecified atom stereocenters. The quantitative estimate of drug-likeness (QED) is 0.723. The lowest BCUT2D eigenvalue weighted by Gasteiger charge is -2.26. The molecule has 2 aromatic heterocycles. The molecule has 1 saturated heterocycles. The van der Waals surface area contributed by atoms with Crippen molar-refractivity contribution in [2.75, 3.05) is 18.0 Å². The van der Waals surface area contributed by atoms with Gasteiger partial charge in [-0.3, -0.25) is 0 Å². The Bertz CT molecular complexity index is 800. The van der Waals surface area contributed by atoms with Gasteiger partial charge in [-0.05, 0) is 31.4 Å². The van der Waals surface area contributed by atoms with Gasteiger partial charge < -0.3 is 9.47 Å². The van der Waals surface area contributed by atoms with E-state index in [0.717, 1.165) is 24.7 Å². The summed E-state index contributed by atoms with van der Waals surface area (Å²) in [6.07, 6.45) is 7.84. The third-order valence-electron chi connectivity index (χ3n) is 4.45. The highest BCUT2D eigenvalue weighted by atomic mass is 15.2. The van der Waals surface area contributed by atoms with Gasteiger partial charge in [-0.2, -0.15) is 0 Å². The molecule has 0 saturated carbocycles. The van der Waals surface area contributed by atoms with Crippen LogP contribution in [0.25, 0.3) is 22.2 Å². The molecule has 0 radical (unpaired) electrons. The van der Waals surface area contributed by atoms with E-state index in [1.54, 1.807) is 0 Å². The molecule has 1 aromatic carbocycles. The fraction of sp³-hybridized carbons (Fsp3) is 0.333. The van der Waals surface area contributed by atoms with Crippen LogP contribution in [-0.4, -0.2) is 27.6 Å². The minimum atomic E-state index is 0.866. The molecular formula is C18H20N4. The fourth-order valence-corrected chi connectivity index (χ4v) is 3.29. The van der Waals surface area contributed by atoms with Crippen LogP contribution in [0.1, 0.15) is 19.3 Å². The molecular weight excluding hydrogens is 272 g/mol. The second-order valence-electron chi connectivity index (χ2n) is 5.96. The number of benzene rings is 1. The molecule has 4 heteroatoms. The van der Waals surface area contributed by atoms with Crippen molar-refractivity contribution in [1.29, 1.82) is 0 Å². The second-order valence-corrected chi connectivity index (χ2v) is 5.96. The Labute approximate surface area is 130 Å². The largest absolute Gasteiger partial charge is 0.350 e. The first-order valence-electron chi connectivity index (χ1n) is 7.95. The molecule has 0 spiro atoms. The predicted molar refractivity (Wildman–Crippen MR) is 90.0 cm³/mol. The van der Waals surface area contributed by atoms with E-state index in [4.69, 9.17) is 4.98 Å². The van der Waals surface area contributed by atoms with Crippen molar-refractivity contribution in [2.24, 2.45) is 7.05 Å². The van der Waals surface area contributed by atoms with Gasteiger partial charge in [-0.15, -0.1) is 0 Å². The third kappa shape index (κ3) is 2.25. The normalized spacial score (nSPS) is 15.4. The Morgan fingerprint density at radius 3 is 2.68 bits per heavy atom. The Morgan fingerprint density at radius 1 is 1.00 bits per heavy atom. The summed E-state index contributed by atoms with van der Waals surface area (Å²) in [5, 5.41) is 1.24. The number of anilines is 1. The van der Waals surface area contributed by atoms with Crippen LogP contribution in [0.3, 0.4) is 0 Å². The highest BCUT2D eigenvalue weighted by Crippen LogP contribution is 2.29. The molecule has 1 aliphatic heterocycles. The van der Waals surface area contributed by atoms with Crippen LogP contribution in [-0.2, 0) is 7.05 Å². The first kappa shape index (κ1) is 13.3. The standard InChI is InChI=1S/C18H20N4/c1-21-13-15(14-7-3-4-8-17(14)21)16-9-10-19-18(20-16)22-11-5-2-6-12-22/h3-4,7-10,13H,2,5-6,11-12H2,1H3. The molecule has 0 aliphatic carbocycles. The summed E-state index contributed by atoms with van der Waals surface area (Å²) in [5.41, 5.74) is 3.42. The van der Waals surface area contributed by atoms with Crippen molar-refractivity contribution in [1.82, 2.24) is 14.5 Å². The number of hydrogen-bond donors (Lipinski definition) is 0. The van der Waals surface area contributed by atoms with Crippen molar-refractivity contribution in [3.05, 3.63) is 42.7 Å². The van der Waals surface area contributed by atoms with Crippen LogP contribution in [0, 0.1) is 0 Å². The van der Waals surface area contributed by atoms with Gasteiger partial charge in [-0.1, -0.05) is 18.2 Å². The van der Waals surface area contributed by atoms with E-state index in [9.17, 15) is 0 Å². The van der Waals surface area contributed by atoms with Crippen LogP contribution < -0.4 is 4.90 Å². The van der Waals surface area contributed by atoms with E-state index in [0.29, 0.717) is 0 Å². The molecule has 112 valence electrons. The third-order valence-corrected chi connectivity index (χ3v) is 4.45. The second kappa shape index (κ2) is 5.44. The van der Waals surface area contributed by atoms with Crippen LogP contribution in [0.4, 0.5) is 5.95 Å². The zero-order valence-electron chi connectivity index (χ0n) is 12.9. The van der Waals surface area contributed by atoms with Crippen LogP contribution in [0.15, 0.2) is 42.7 Å². The summed E-state index contributed by atoms with van der Waals surface area (Å²) in [5.74, 6) is 0.866. The Hall–Kier alpha value is -2.36. The molecule has 0 bridgehead atoms. The maximum absolute atomic E-state index is 4.83. The number of aromatic nitrogens is 3. The smallest absolute Gasteiger partial charge is 0.225 e. The van der Waals surface area contributed by atoms with Crippen molar-refractivity contribution >= 4 is 16.9 Å². The van der Waals surface area contributed by atoms with E-state index in [1.165, 1.54) is 35.7 Å². The topological polar surface area (TPSA) is 34.0 Å². The SMILES string of the molecule is Cn1cc(-c2ccnc(N3CCCCC3)n2)c2ccccc21. The number of para-hydroxylation sites is 1. The van der Waals surface area contributed by atoms with Gasteiger partial charge >= 0.3 is 0 Å². The number of rotatable bonds is 2. The van der Waals surface area contributed by atoms with Crippen LogP contribution >= 0.6 is 0 Å². The molecule has 4 nitrogen and oxygen atoms in total. The van der Waals surface area contributed by atoms with Crippen molar-refractivity contribution in [3.63, 3.8) is 0 Å². The Balaban J connectivity index is 1.78. The van der Waals surface area contributed by atoms with Gasteiger partial charge in [0.25, 0.3) is 0 Å². The molecule has 0 amide bonds. The molecule has 3 aromatic rings. The lowest BCUT2D eigenvalue weighted by atomic mass is 10.1. The van der Waals surface area contributed by atoms with Gasteiger partial charge in [0, 0.05) is 49.0 Å². The summed E-state index contributed by atoms with van der Waals surface area (Å²) >= 11 is 0. The first-order chi connectivity index (χ1) is 10.8. The summed E-state index contributed by atoms with van der Waals surface area (Å²) in [6.45, 7) is 2.14. The van der Waals surface area contributed by atoms with Crippen molar-refractivity contribution in [2.45, 2.75) is 19.3 Å². The molecule has 1 fully saturated rings. The van der Waals surface area contributed by atoms with Gasteiger partial charge in [0.05, 0.1) is 5.69 Å². The number of aryl methyl sites for hydroxylation is 1. The van der Waals surface area contributed by atoms with E-state index in [1.807, 2.05) is 12.3 Å². The monoisotopic (exact) mass is 292 g/mol. The van der Waals surface area contributed by atoms with Gasteiger partial charge in [-0.25, -0.2) is 9.97 Å². The molecule has 1 aliphatic rings. The molecule has 0 N–H and O–H groups in total. The van der Waals surface area contributed by atoms with Crippen LogP contribution in [0.2, 0.25) is 0 Å². The Morgan fingerprint density at radius 2 is 1.82 bits per heavy atom. The molecule has 22 heavy (non-hydrogen) atoms. The van der Waals surface area contributed by atoms with E-state index >= 15 is 0 Å². The first-order valence-corrected chi connectivity index (χ1v) is 7.95. The highest BCUT2D eigenvalue weighted by Gasteiger charge is 2.15. The molecule has 3 heterocycles. The Kier molecular flexibility index (Phi) is 3.29. The van der Waals surface area contributed by atoms with E-state index in [2.05, 4.69) is 52.0 Å². The minimum Gasteiger partial charge on any atom is -0.350 e. The highest BCUT2D eigenvalue weighted by molar-refractivity contribution is 5.95. The zero-order chi connectivity index (χ0) is 14.9. The van der Waals surface area contributed by atoms with Gasteiger partial charge in [0.2, 0.25) is 5.95 Å². The number of piperidine rings is 1. The van der Waals surface area contributed by atoms with Gasteiger partial charge in [0.15, 0.2) is 0 Å². The van der Waals surface area contributed by atoms with E-state index in [-0.39, 0.29) is 0 Å². The van der Waals surface area contributed by atoms with Crippen molar-refractivity contribution in [3.8, 4) is 11.3 Å². The van der Waals surface area contributed by atoms with E-state index < -0.39 is 0 Å². The molecule has 0 atom stereocenters. The number of nitrogens with zero attached hydrogens (tertiary/aromatic N) is 4. The summed E-state index contributed by atoms with van der Waals surface area (Å²) < 4.78 is 2.16. The predicted octanol–water partition coefficient (Wildman–Crippen LogP) is 3.63. The number of fused-ring (bicyclic) bond motifs is 1. The maximum atomic E-state index is 4.83. The lowest BCUT2D eigenvalue weighted by Crippen LogP contribution is -2.30. The zero-order valence-corrected chi connectivity index (χ0v) is 12.9. The molecule has 4 rings (SSSR count). The fourth-order valence-electron chi connectivity index (χ4n) is 3.29. The lowest BCUT2D eigenvalue weighted by molar-refractivity contribution is 0.568. The summed E-state index contributed by atoms with van der Waals surface area (Å²) in [4.78, 5) is 11.6. The summed E-state index contributed by atoms with van der Waals surface area (Å²) in [6, 6.07) is 10.5. The van der Waals surface area contributed by atoms with Crippen molar-refractivity contribution < 1.29 is 0 Å². The van der Waals surface area contributed by atoms with Crippen LogP contribution in [0.5, 0.6) is 0 Å². The van der Waals surface area contributed by atoms with Gasteiger partial charge in [0.1, 0.15) is 0 Å². The average Bonchev–Trinajstić information content (AvgIpc) is 2.93. The summed E-state index contributed by atoms with van der Waals surface area (Å²) in [7, 11) is 2.08. The number of hydrogen-bond acceptors (Lipinski definition) is 3. The average molecular weight is 292 g/mol.